The van der Waals surface area contributed by atoms with Gasteiger partial charge in [-0.1, -0.05) is 26.0 Å². The molecular weight excluding hydrogens is 312 g/mol. The molecule has 2 rings (SSSR count). The zero-order valence-corrected chi connectivity index (χ0v) is 13.8. The number of amides is 1. The molecule has 1 amide bonds. The van der Waals surface area contributed by atoms with E-state index in [9.17, 15) is 14.9 Å². The third-order valence-electron chi connectivity index (χ3n) is 3.52. The predicted octanol–water partition coefficient (Wildman–Crippen LogP) is 2.56. The Kier molecular flexibility index (Phi) is 5.51. The molecule has 128 valence electrons. The van der Waals surface area contributed by atoms with Crippen molar-refractivity contribution < 1.29 is 14.5 Å². The molecule has 0 radical (unpaired) electrons. The van der Waals surface area contributed by atoms with Crippen LogP contribution in [0.25, 0.3) is 0 Å². The molecule has 1 heterocycles. The maximum absolute atomic E-state index is 12.0. The largest absolute Gasteiger partial charge is 0.492 e. The van der Waals surface area contributed by atoms with Crippen molar-refractivity contribution in [1.82, 2.24) is 15.5 Å². The summed E-state index contributed by atoms with van der Waals surface area (Å²) >= 11 is 0. The van der Waals surface area contributed by atoms with Crippen LogP contribution in [-0.4, -0.2) is 34.2 Å². The van der Waals surface area contributed by atoms with Gasteiger partial charge in [0, 0.05) is 0 Å². The van der Waals surface area contributed by atoms with Crippen LogP contribution in [0.15, 0.2) is 24.3 Å². The summed E-state index contributed by atoms with van der Waals surface area (Å²) < 4.78 is 5.53. The average Bonchev–Trinajstić information content (AvgIpc) is 2.93. The number of benzene rings is 1. The molecule has 0 bridgehead atoms. The van der Waals surface area contributed by atoms with Gasteiger partial charge in [-0.25, -0.2) is 0 Å². The maximum atomic E-state index is 12.0. The van der Waals surface area contributed by atoms with E-state index in [1.807, 2.05) is 24.3 Å². The number of ether oxygens (including phenoxy) is 1. The minimum atomic E-state index is -0.624. The van der Waals surface area contributed by atoms with Crippen LogP contribution in [0.1, 0.15) is 41.5 Å². The summed E-state index contributed by atoms with van der Waals surface area (Å²) in [4.78, 5) is 22.3. The number of nitrogens with zero attached hydrogens (tertiary/aromatic N) is 2. The average molecular weight is 332 g/mol. The van der Waals surface area contributed by atoms with Crippen molar-refractivity contribution in [3.8, 4) is 5.75 Å². The number of hydrogen-bond donors (Lipinski definition) is 2. The Morgan fingerprint density at radius 3 is 2.62 bits per heavy atom. The molecule has 2 N–H and O–H groups in total. The molecule has 0 saturated heterocycles. The van der Waals surface area contributed by atoms with Gasteiger partial charge in [0.15, 0.2) is 0 Å². The number of hydrogen-bond acceptors (Lipinski definition) is 5. The number of aromatic amines is 1. The fourth-order valence-corrected chi connectivity index (χ4v) is 2.17. The van der Waals surface area contributed by atoms with Gasteiger partial charge in [0.25, 0.3) is 5.91 Å². The Morgan fingerprint density at radius 2 is 2.04 bits per heavy atom. The molecule has 8 nitrogen and oxygen atoms in total. The molecule has 0 spiro atoms. The lowest BCUT2D eigenvalue weighted by molar-refractivity contribution is -0.385. The van der Waals surface area contributed by atoms with Gasteiger partial charge in [0.2, 0.25) is 5.69 Å². The van der Waals surface area contributed by atoms with Gasteiger partial charge in [0.05, 0.1) is 11.5 Å². The lowest BCUT2D eigenvalue weighted by atomic mass is 10.0. The SMILES string of the molecule is Cc1[nH]nc(C(=O)NCCOc2ccc(C(C)C)cc2)c1[N+](=O)[O-]. The lowest BCUT2D eigenvalue weighted by Crippen LogP contribution is -2.28. The highest BCUT2D eigenvalue weighted by atomic mass is 16.6. The van der Waals surface area contributed by atoms with Gasteiger partial charge in [-0.3, -0.25) is 20.0 Å². The van der Waals surface area contributed by atoms with Gasteiger partial charge in [-0.15, -0.1) is 0 Å². The molecule has 0 aliphatic carbocycles. The van der Waals surface area contributed by atoms with E-state index in [0.29, 0.717) is 11.7 Å². The minimum absolute atomic E-state index is 0.216. The van der Waals surface area contributed by atoms with Gasteiger partial charge < -0.3 is 10.1 Å². The fraction of sp³-hybridized carbons (Fsp3) is 0.375. The van der Waals surface area contributed by atoms with Crippen LogP contribution in [0, 0.1) is 17.0 Å². The Morgan fingerprint density at radius 1 is 1.38 bits per heavy atom. The van der Waals surface area contributed by atoms with Crippen molar-refractivity contribution in [2.75, 3.05) is 13.2 Å². The van der Waals surface area contributed by atoms with Crippen LogP contribution < -0.4 is 10.1 Å². The van der Waals surface area contributed by atoms with E-state index in [0.717, 1.165) is 0 Å². The number of nitro groups is 1. The van der Waals surface area contributed by atoms with E-state index in [2.05, 4.69) is 29.4 Å². The standard InChI is InChI=1S/C16H20N4O4/c1-10(2)12-4-6-13(7-5-12)24-9-8-17-16(21)14-15(20(22)23)11(3)18-19-14/h4-7,10H,8-9H2,1-3H3,(H,17,21)(H,18,19). The smallest absolute Gasteiger partial charge is 0.322 e. The number of carbonyl (C=O) groups is 1. The number of nitrogens with one attached hydrogen (secondary N) is 2. The van der Waals surface area contributed by atoms with Crippen LogP contribution in [0.2, 0.25) is 0 Å². The molecule has 0 aliphatic rings. The van der Waals surface area contributed by atoms with Crippen LogP contribution in [0.3, 0.4) is 0 Å². The van der Waals surface area contributed by atoms with Crippen LogP contribution >= 0.6 is 0 Å². The van der Waals surface area contributed by atoms with E-state index < -0.39 is 10.8 Å². The molecule has 0 saturated carbocycles. The summed E-state index contributed by atoms with van der Waals surface area (Å²) in [6, 6.07) is 7.74. The normalized spacial score (nSPS) is 10.7. The van der Waals surface area contributed by atoms with E-state index in [1.165, 1.54) is 12.5 Å². The van der Waals surface area contributed by atoms with Crippen LogP contribution in [0.5, 0.6) is 5.75 Å². The topological polar surface area (TPSA) is 110 Å². The number of H-pyrrole nitrogens is 1. The molecule has 1 aromatic heterocycles. The van der Waals surface area contributed by atoms with Crippen molar-refractivity contribution in [2.45, 2.75) is 26.7 Å². The van der Waals surface area contributed by atoms with E-state index >= 15 is 0 Å². The molecule has 8 heteroatoms. The summed E-state index contributed by atoms with van der Waals surface area (Å²) in [7, 11) is 0. The Labute approximate surface area is 139 Å². The second-order valence-corrected chi connectivity index (χ2v) is 5.63. The zero-order valence-electron chi connectivity index (χ0n) is 13.8. The molecule has 0 atom stereocenters. The minimum Gasteiger partial charge on any atom is -0.492 e. The number of rotatable bonds is 7. The molecule has 1 aromatic carbocycles. The summed E-state index contributed by atoms with van der Waals surface area (Å²) in [5.41, 5.74) is 0.931. The molecule has 2 aromatic rings. The van der Waals surface area contributed by atoms with Crippen molar-refractivity contribution in [1.29, 1.82) is 0 Å². The zero-order chi connectivity index (χ0) is 17.7. The Bertz CT molecular complexity index is 722. The third-order valence-corrected chi connectivity index (χ3v) is 3.52. The monoisotopic (exact) mass is 332 g/mol. The summed E-state index contributed by atoms with van der Waals surface area (Å²) in [5, 5.41) is 19.6. The number of aryl methyl sites for hydroxylation is 1. The number of aromatic nitrogens is 2. The van der Waals surface area contributed by atoms with E-state index in [4.69, 9.17) is 4.74 Å². The molecule has 0 aliphatic heterocycles. The third kappa shape index (κ3) is 4.09. The van der Waals surface area contributed by atoms with E-state index in [1.54, 1.807) is 0 Å². The second-order valence-electron chi connectivity index (χ2n) is 5.63. The first-order chi connectivity index (χ1) is 11.4. The predicted molar refractivity (Wildman–Crippen MR) is 88.3 cm³/mol. The van der Waals surface area contributed by atoms with E-state index in [-0.39, 0.29) is 30.2 Å². The highest BCUT2D eigenvalue weighted by molar-refractivity contribution is 5.96. The highest BCUT2D eigenvalue weighted by Crippen LogP contribution is 2.20. The molecular formula is C16H20N4O4. The number of carbonyl (C=O) groups excluding carboxylic acids is 1. The van der Waals surface area contributed by atoms with Crippen molar-refractivity contribution in [2.24, 2.45) is 0 Å². The van der Waals surface area contributed by atoms with Crippen LogP contribution in [0.4, 0.5) is 5.69 Å². The van der Waals surface area contributed by atoms with Gasteiger partial charge >= 0.3 is 5.69 Å². The maximum Gasteiger partial charge on any atom is 0.322 e. The molecule has 24 heavy (non-hydrogen) atoms. The van der Waals surface area contributed by atoms with Gasteiger partial charge in [-0.05, 0) is 30.5 Å². The Hall–Kier alpha value is -2.90. The Balaban J connectivity index is 1.84. The van der Waals surface area contributed by atoms with Gasteiger partial charge in [-0.2, -0.15) is 5.10 Å². The fourth-order valence-electron chi connectivity index (χ4n) is 2.17. The van der Waals surface area contributed by atoms with Gasteiger partial charge in [0.1, 0.15) is 18.1 Å². The summed E-state index contributed by atoms with van der Waals surface area (Å²) in [5.74, 6) is 0.548. The van der Waals surface area contributed by atoms with Crippen molar-refractivity contribution in [3.63, 3.8) is 0 Å². The summed E-state index contributed by atoms with van der Waals surface area (Å²) in [6.07, 6.45) is 0. The first kappa shape index (κ1) is 17.5. The van der Waals surface area contributed by atoms with Crippen LogP contribution in [-0.2, 0) is 0 Å². The highest BCUT2D eigenvalue weighted by Gasteiger charge is 2.26. The van der Waals surface area contributed by atoms with Crippen molar-refractivity contribution in [3.05, 3.63) is 51.3 Å². The quantitative estimate of drug-likeness (QED) is 0.460. The molecule has 0 unspecified atom stereocenters. The van der Waals surface area contributed by atoms with Crippen molar-refractivity contribution >= 4 is 11.6 Å². The summed E-state index contributed by atoms with van der Waals surface area (Å²) in [6.45, 7) is 6.19. The molecule has 0 fully saturated rings. The second kappa shape index (κ2) is 7.58. The first-order valence-electron chi connectivity index (χ1n) is 7.60. The lowest BCUT2D eigenvalue weighted by Gasteiger charge is -2.09. The first-order valence-corrected chi connectivity index (χ1v) is 7.60.